The van der Waals surface area contributed by atoms with Crippen molar-refractivity contribution in [3.8, 4) is 22.5 Å². The van der Waals surface area contributed by atoms with Gasteiger partial charge in [-0.05, 0) is 43.4 Å². The smallest absolute Gasteiger partial charge is 0.0487 e. The zero-order valence-electron chi connectivity index (χ0n) is 19.6. The number of H-pyrrole nitrogens is 1. The number of benzene rings is 2. The summed E-state index contributed by atoms with van der Waals surface area (Å²) in [7, 11) is 4.64. The molecule has 0 fully saturated rings. The van der Waals surface area contributed by atoms with Gasteiger partial charge in [-0.25, -0.2) is 0 Å². The summed E-state index contributed by atoms with van der Waals surface area (Å²) in [5.74, 6) is -2.56. The molecule has 0 unspecified atom stereocenters. The van der Waals surface area contributed by atoms with Gasteiger partial charge in [0.05, 0.1) is 0 Å². The molecule has 4 nitrogen and oxygen atoms in total. The standard InChI is InChI=1S/2C12H8F2N.C3H4N2.ClH.Ir/c2*1-8-4-5-15-12(6-8)10-3-2-9(13)7-11(10)14;1-2-4-5-3-1;;/h2*2,4-7H,1H3;1-3H,(H,4,5);1H;/q2*-1;;;+3/p-1. The van der Waals surface area contributed by atoms with E-state index in [0.717, 1.165) is 35.4 Å². The Labute approximate surface area is 226 Å². The van der Waals surface area contributed by atoms with Crippen LogP contribution in [-0.4, -0.2) is 20.2 Å². The number of nitrogens with one attached hydrogen (secondary N) is 1. The van der Waals surface area contributed by atoms with E-state index in [9.17, 15) is 17.6 Å². The molecule has 1 N–H and O–H groups in total. The fraction of sp³-hybridized carbons (Fsp3) is 0.0741. The van der Waals surface area contributed by atoms with Gasteiger partial charge in [-0.3, -0.25) is 22.7 Å². The molecule has 0 spiro atoms. The van der Waals surface area contributed by atoms with Crippen LogP contribution in [0.15, 0.2) is 79.4 Å². The van der Waals surface area contributed by atoms with E-state index < -0.39 is 23.3 Å². The third kappa shape index (κ3) is 9.88. The van der Waals surface area contributed by atoms with Crippen molar-refractivity contribution in [1.29, 1.82) is 0 Å². The van der Waals surface area contributed by atoms with Crippen LogP contribution in [0.3, 0.4) is 0 Å². The quantitative estimate of drug-likeness (QED) is 0.154. The summed E-state index contributed by atoms with van der Waals surface area (Å²) in [6.45, 7) is 3.76. The first kappa shape index (κ1) is 29.8. The predicted molar refractivity (Wildman–Crippen MR) is 131 cm³/mol. The molecule has 0 saturated carbocycles. The van der Waals surface area contributed by atoms with Crippen molar-refractivity contribution in [2.75, 3.05) is 0 Å². The van der Waals surface area contributed by atoms with Crippen molar-refractivity contribution < 1.29 is 35.5 Å². The van der Waals surface area contributed by atoms with Crippen molar-refractivity contribution in [3.05, 3.63) is 126 Å². The summed E-state index contributed by atoms with van der Waals surface area (Å²) < 4.78 is 52.0. The largest absolute Gasteiger partial charge is 0.286 e. The molecule has 5 aromatic rings. The molecule has 0 saturated heterocycles. The van der Waals surface area contributed by atoms with Crippen molar-refractivity contribution in [2.45, 2.75) is 13.8 Å². The molecule has 3 heterocycles. The normalized spacial score (nSPS) is 9.62. The Balaban J connectivity index is 0.000000208. The second-order valence-corrected chi connectivity index (χ2v) is 7.28. The van der Waals surface area contributed by atoms with Gasteiger partial charge >= 0.3 is 27.5 Å². The van der Waals surface area contributed by atoms with Crippen molar-refractivity contribution in [3.63, 3.8) is 0 Å². The summed E-state index contributed by atoms with van der Waals surface area (Å²) in [5.41, 5.74) is 3.26. The molecule has 0 atom stereocenters. The van der Waals surface area contributed by atoms with Gasteiger partial charge in [0, 0.05) is 48.1 Å². The van der Waals surface area contributed by atoms with Crippen LogP contribution >= 0.6 is 9.58 Å². The van der Waals surface area contributed by atoms with Gasteiger partial charge in [0.15, 0.2) is 0 Å². The Morgan fingerprint density at radius 2 is 1.19 bits per heavy atom. The summed E-state index contributed by atoms with van der Waals surface area (Å²) in [5, 5.41) is 6.21. The van der Waals surface area contributed by atoms with E-state index in [1.807, 2.05) is 32.0 Å². The summed E-state index contributed by atoms with van der Waals surface area (Å²) >= 11 is 1.47. The molecule has 0 amide bonds. The van der Waals surface area contributed by atoms with E-state index in [1.165, 1.54) is 17.9 Å². The molecule has 2 aromatic carbocycles. The van der Waals surface area contributed by atoms with Gasteiger partial charge in [0.1, 0.15) is 0 Å². The monoisotopic (exact) mass is 704 g/mol. The topological polar surface area (TPSA) is 54.5 Å². The molecule has 10 heteroatoms. The number of aromatic nitrogens is 4. The molecule has 37 heavy (non-hydrogen) atoms. The molecule has 0 aliphatic heterocycles. The first-order valence-corrected chi connectivity index (χ1v) is 13.5. The Kier molecular flexibility index (Phi) is 12.6. The summed E-state index contributed by atoms with van der Waals surface area (Å²) in [6.07, 6.45) is 6.63. The fourth-order valence-corrected chi connectivity index (χ4v) is 2.84. The Morgan fingerprint density at radius 1 is 0.730 bits per heavy atom. The Morgan fingerprint density at radius 3 is 1.49 bits per heavy atom. The third-order valence-corrected chi connectivity index (χ3v) is 4.46. The Bertz CT molecular complexity index is 1270. The van der Waals surface area contributed by atoms with Gasteiger partial charge in [0.2, 0.25) is 0 Å². The number of aromatic amines is 1. The molecular formula is C27H20ClF4IrN4. The average Bonchev–Trinajstić information content (AvgIpc) is 3.46. The third-order valence-electron chi connectivity index (χ3n) is 4.46. The van der Waals surface area contributed by atoms with Crippen LogP contribution in [-0.2, 0) is 17.9 Å². The van der Waals surface area contributed by atoms with Crippen LogP contribution in [0.5, 0.6) is 0 Å². The van der Waals surface area contributed by atoms with Crippen LogP contribution in [0.4, 0.5) is 17.6 Å². The minimum Gasteiger partial charge on any atom is -0.286 e. The van der Waals surface area contributed by atoms with Crippen LogP contribution in [0.25, 0.3) is 22.5 Å². The van der Waals surface area contributed by atoms with Gasteiger partial charge < -0.3 is 9.97 Å². The number of nitrogens with zero attached hydrogens (tertiary/aromatic N) is 3. The maximum absolute atomic E-state index is 13.4. The van der Waals surface area contributed by atoms with Crippen LogP contribution in [0.1, 0.15) is 11.1 Å². The first-order chi connectivity index (χ1) is 17.8. The molecular weight excluding hydrogens is 684 g/mol. The first-order valence-electron chi connectivity index (χ1n) is 10.5. The maximum Gasteiger partial charge on any atom is 0.0487 e. The van der Waals surface area contributed by atoms with Crippen molar-refractivity contribution in [2.24, 2.45) is 0 Å². The molecule has 192 valence electrons. The maximum atomic E-state index is 13.4. The number of halogens is 5. The molecule has 0 aliphatic carbocycles. The van der Waals surface area contributed by atoms with Crippen LogP contribution < -0.4 is 0 Å². The van der Waals surface area contributed by atoms with E-state index in [-0.39, 0.29) is 11.1 Å². The van der Waals surface area contributed by atoms with E-state index in [4.69, 9.17) is 0 Å². The van der Waals surface area contributed by atoms with Crippen molar-refractivity contribution in [1.82, 2.24) is 20.2 Å². The van der Waals surface area contributed by atoms with Gasteiger partial charge in [0.25, 0.3) is 0 Å². The summed E-state index contributed by atoms with van der Waals surface area (Å²) in [6, 6.07) is 17.8. The van der Waals surface area contributed by atoms with E-state index in [1.54, 1.807) is 36.9 Å². The Hall–Kier alpha value is -3.39. The average molecular weight is 704 g/mol. The molecule has 0 radical (unpaired) electrons. The van der Waals surface area contributed by atoms with Crippen LogP contribution in [0.2, 0.25) is 0 Å². The van der Waals surface area contributed by atoms with E-state index >= 15 is 0 Å². The molecule has 3 aromatic heterocycles. The van der Waals surface area contributed by atoms with Crippen molar-refractivity contribution >= 4 is 9.58 Å². The predicted octanol–water partition coefficient (Wildman–Crippen LogP) is 7.37. The van der Waals surface area contributed by atoms with E-state index in [0.29, 0.717) is 11.4 Å². The number of rotatable bonds is 2. The van der Waals surface area contributed by atoms with Gasteiger partial charge in [-0.15, -0.1) is 24.3 Å². The SMILES string of the molecule is Cc1ccnc(-c2[c-]cc(F)cc2F)c1.Cc1ccnc(-c2[c-]cc(F)cc2F)c1.[Cl][Ir+2].c1cn[nH]c1. The number of hydrogen-bond acceptors (Lipinski definition) is 3. The van der Waals surface area contributed by atoms with Crippen LogP contribution in [0, 0.1) is 49.2 Å². The number of pyridine rings is 2. The zero-order valence-corrected chi connectivity index (χ0v) is 22.7. The number of hydrogen-bond donors (Lipinski definition) is 1. The van der Waals surface area contributed by atoms with E-state index in [2.05, 4.69) is 41.9 Å². The second-order valence-electron chi connectivity index (χ2n) is 7.28. The fourth-order valence-electron chi connectivity index (χ4n) is 2.84. The number of aryl methyl sites for hydroxylation is 2. The summed E-state index contributed by atoms with van der Waals surface area (Å²) in [4.78, 5) is 8.01. The zero-order chi connectivity index (χ0) is 27.2. The van der Waals surface area contributed by atoms with Gasteiger partial charge in [-0.2, -0.15) is 5.10 Å². The van der Waals surface area contributed by atoms with Gasteiger partial charge in [-0.1, -0.05) is 46.5 Å². The minimum atomic E-state index is -0.645. The molecule has 0 aliphatic rings. The molecule has 5 rings (SSSR count). The second kappa shape index (κ2) is 15.7. The molecule has 0 bridgehead atoms. The minimum absolute atomic E-state index is 0.195.